The number of amides is 1. The predicted octanol–water partition coefficient (Wildman–Crippen LogP) is 4.15. The summed E-state index contributed by atoms with van der Waals surface area (Å²) in [6.45, 7) is 3.96. The highest BCUT2D eigenvalue weighted by atomic mass is 16.5. The van der Waals surface area contributed by atoms with Crippen molar-refractivity contribution in [2.24, 2.45) is 5.41 Å². The van der Waals surface area contributed by atoms with E-state index in [1.54, 1.807) is 18.3 Å². The maximum Gasteiger partial charge on any atom is 0.252 e. The van der Waals surface area contributed by atoms with Crippen LogP contribution in [0.25, 0.3) is 11.3 Å². The van der Waals surface area contributed by atoms with E-state index in [4.69, 9.17) is 10.00 Å². The molecule has 3 heterocycles. The van der Waals surface area contributed by atoms with Crippen molar-refractivity contribution >= 4 is 23.2 Å². The number of nitrogens with zero attached hydrogens (tertiary/aromatic N) is 4. The molecule has 8 nitrogen and oxygen atoms in total. The van der Waals surface area contributed by atoms with Gasteiger partial charge in [-0.25, -0.2) is 9.97 Å². The van der Waals surface area contributed by atoms with Gasteiger partial charge in [0.05, 0.1) is 18.4 Å². The average Bonchev–Trinajstić information content (AvgIpc) is 3.36. The maximum absolute atomic E-state index is 12.0. The first-order chi connectivity index (χ1) is 17.1. The molecule has 2 saturated heterocycles. The van der Waals surface area contributed by atoms with Crippen LogP contribution in [0.15, 0.2) is 60.8 Å². The number of carbonyl (C=O) groups excluding carboxylic acids is 1. The van der Waals surface area contributed by atoms with Gasteiger partial charge in [0.25, 0.3) is 5.91 Å². The molecule has 0 aliphatic carbocycles. The molecule has 0 unspecified atom stereocenters. The van der Waals surface area contributed by atoms with Gasteiger partial charge in [0, 0.05) is 48.4 Å². The smallest absolute Gasteiger partial charge is 0.252 e. The molecule has 2 fully saturated rings. The van der Waals surface area contributed by atoms with Gasteiger partial charge in [-0.2, -0.15) is 5.26 Å². The minimum absolute atomic E-state index is 0.0172. The van der Waals surface area contributed by atoms with Gasteiger partial charge in [-0.15, -0.1) is 0 Å². The number of hydrogen-bond acceptors (Lipinski definition) is 7. The summed E-state index contributed by atoms with van der Waals surface area (Å²) in [6, 6.07) is 19.2. The second-order valence-corrected chi connectivity index (χ2v) is 9.15. The van der Waals surface area contributed by atoms with E-state index in [1.807, 2.05) is 24.3 Å². The lowest BCUT2D eigenvalue weighted by Crippen LogP contribution is -2.40. The maximum atomic E-state index is 12.0. The Bertz CT molecular complexity index is 1200. The van der Waals surface area contributed by atoms with E-state index in [0.29, 0.717) is 16.9 Å². The number of aromatic nitrogens is 2. The van der Waals surface area contributed by atoms with Crippen LogP contribution >= 0.6 is 0 Å². The van der Waals surface area contributed by atoms with Crippen LogP contribution in [0, 0.1) is 16.7 Å². The summed E-state index contributed by atoms with van der Waals surface area (Å²) in [7, 11) is 0. The molecule has 2 aliphatic heterocycles. The average molecular weight is 469 g/mol. The molecule has 0 bridgehead atoms. The van der Waals surface area contributed by atoms with Crippen LogP contribution in [0.3, 0.4) is 0 Å². The Morgan fingerprint density at radius 1 is 1.06 bits per heavy atom. The van der Waals surface area contributed by atoms with Crippen LogP contribution in [0.1, 0.15) is 29.6 Å². The molecular weight excluding hydrogens is 440 g/mol. The zero-order valence-electron chi connectivity index (χ0n) is 19.5. The molecule has 2 aromatic carbocycles. The van der Waals surface area contributed by atoms with Crippen molar-refractivity contribution in [2.75, 3.05) is 43.1 Å². The van der Waals surface area contributed by atoms with E-state index in [1.165, 1.54) is 24.9 Å². The molecule has 5 rings (SSSR count). The van der Waals surface area contributed by atoms with Crippen molar-refractivity contribution in [1.29, 1.82) is 5.26 Å². The lowest BCUT2D eigenvalue weighted by molar-refractivity contribution is 0.0958. The molecule has 0 radical (unpaired) electrons. The van der Waals surface area contributed by atoms with E-state index in [2.05, 4.69) is 49.8 Å². The zero-order valence-corrected chi connectivity index (χ0v) is 19.5. The number of nitrogens with one attached hydrogen (secondary N) is 2. The van der Waals surface area contributed by atoms with Crippen LogP contribution in [0.4, 0.5) is 17.3 Å². The predicted molar refractivity (Wildman–Crippen MR) is 134 cm³/mol. The SMILES string of the molecule is N#CCNC(=O)c1ccc(-c2ccnc(Nc3ccc(N4CCC5(CCOC5)CC4)cc3)n2)cc1. The summed E-state index contributed by atoms with van der Waals surface area (Å²) in [4.78, 5) is 23.4. The molecule has 1 aromatic heterocycles. The third-order valence-corrected chi connectivity index (χ3v) is 6.92. The van der Waals surface area contributed by atoms with Crippen molar-refractivity contribution < 1.29 is 9.53 Å². The van der Waals surface area contributed by atoms with Gasteiger partial charge in [0.15, 0.2) is 0 Å². The number of hydrogen-bond donors (Lipinski definition) is 2. The Balaban J connectivity index is 1.21. The molecule has 2 aliphatic rings. The van der Waals surface area contributed by atoms with Crippen LogP contribution in [-0.4, -0.2) is 48.7 Å². The summed E-state index contributed by atoms with van der Waals surface area (Å²) in [5.74, 6) is 0.232. The first kappa shape index (κ1) is 22.8. The van der Waals surface area contributed by atoms with Gasteiger partial charge in [-0.05, 0) is 67.1 Å². The number of carbonyl (C=O) groups is 1. The fourth-order valence-electron chi connectivity index (χ4n) is 4.76. The van der Waals surface area contributed by atoms with E-state index in [-0.39, 0.29) is 12.5 Å². The van der Waals surface area contributed by atoms with E-state index in [0.717, 1.165) is 43.2 Å². The standard InChI is InChI=1S/C27H28N6O2/c28-13-15-29-25(34)21-3-1-20(2-4-21)24-9-14-30-26(32-24)31-22-5-7-23(8-6-22)33-16-10-27(11-17-33)12-18-35-19-27/h1-9,14H,10-12,15-19H2,(H,29,34)(H,30,31,32). The molecule has 0 atom stereocenters. The topological polar surface area (TPSA) is 103 Å². The third-order valence-electron chi connectivity index (χ3n) is 6.92. The molecular formula is C27H28N6O2. The first-order valence-electron chi connectivity index (χ1n) is 11.9. The molecule has 0 saturated carbocycles. The minimum Gasteiger partial charge on any atom is -0.381 e. The highest BCUT2D eigenvalue weighted by Crippen LogP contribution is 2.40. The molecule has 8 heteroatoms. The molecule has 1 spiro atoms. The summed E-state index contributed by atoms with van der Waals surface area (Å²) >= 11 is 0. The summed E-state index contributed by atoms with van der Waals surface area (Å²) in [5.41, 5.74) is 4.69. The van der Waals surface area contributed by atoms with E-state index >= 15 is 0 Å². The molecule has 178 valence electrons. The minimum atomic E-state index is -0.275. The summed E-state index contributed by atoms with van der Waals surface area (Å²) in [6.07, 6.45) is 5.30. The monoisotopic (exact) mass is 468 g/mol. The quantitative estimate of drug-likeness (QED) is 0.524. The summed E-state index contributed by atoms with van der Waals surface area (Å²) in [5, 5.41) is 14.4. The van der Waals surface area contributed by atoms with Gasteiger partial charge in [0.1, 0.15) is 6.54 Å². The summed E-state index contributed by atoms with van der Waals surface area (Å²) < 4.78 is 5.65. The van der Waals surface area contributed by atoms with Crippen LogP contribution in [0.2, 0.25) is 0 Å². The number of piperidine rings is 1. The highest BCUT2D eigenvalue weighted by molar-refractivity contribution is 5.94. The Morgan fingerprint density at radius 3 is 2.51 bits per heavy atom. The van der Waals surface area contributed by atoms with E-state index < -0.39 is 0 Å². The van der Waals surface area contributed by atoms with Crippen molar-refractivity contribution in [3.05, 3.63) is 66.4 Å². The van der Waals surface area contributed by atoms with Crippen molar-refractivity contribution in [3.63, 3.8) is 0 Å². The van der Waals surface area contributed by atoms with Gasteiger partial charge >= 0.3 is 0 Å². The van der Waals surface area contributed by atoms with Crippen molar-refractivity contribution in [3.8, 4) is 17.3 Å². The van der Waals surface area contributed by atoms with E-state index in [9.17, 15) is 4.79 Å². The molecule has 35 heavy (non-hydrogen) atoms. The molecule has 2 N–H and O–H groups in total. The Kier molecular flexibility index (Phi) is 6.59. The van der Waals surface area contributed by atoms with Crippen molar-refractivity contribution in [2.45, 2.75) is 19.3 Å². The second-order valence-electron chi connectivity index (χ2n) is 9.15. The Morgan fingerprint density at radius 2 is 1.83 bits per heavy atom. The van der Waals surface area contributed by atoms with Crippen LogP contribution in [0.5, 0.6) is 0 Å². The zero-order chi connectivity index (χ0) is 24.1. The number of nitriles is 1. The fraction of sp³-hybridized carbons (Fsp3) is 0.333. The Labute approximate surface area is 205 Å². The van der Waals surface area contributed by atoms with Crippen LogP contribution < -0.4 is 15.5 Å². The Hall–Kier alpha value is -3.96. The van der Waals surface area contributed by atoms with Gasteiger partial charge in [-0.1, -0.05) is 12.1 Å². The number of ether oxygens (including phenoxy) is 1. The first-order valence-corrected chi connectivity index (χ1v) is 11.9. The number of rotatable bonds is 6. The lowest BCUT2D eigenvalue weighted by Gasteiger charge is -2.39. The van der Waals surface area contributed by atoms with Gasteiger partial charge in [-0.3, -0.25) is 4.79 Å². The molecule has 3 aromatic rings. The van der Waals surface area contributed by atoms with Crippen molar-refractivity contribution in [1.82, 2.24) is 15.3 Å². The number of anilines is 3. The second kappa shape index (κ2) is 10.1. The molecule has 1 amide bonds. The lowest BCUT2D eigenvalue weighted by atomic mass is 9.78. The van der Waals surface area contributed by atoms with Gasteiger partial charge in [0.2, 0.25) is 5.95 Å². The highest BCUT2D eigenvalue weighted by Gasteiger charge is 2.37. The van der Waals surface area contributed by atoms with Crippen LogP contribution in [-0.2, 0) is 4.74 Å². The van der Waals surface area contributed by atoms with Gasteiger partial charge < -0.3 is 20.3 Å². The normalized spacial score (nSPS) is 16.6. The fourth-order valence-corrected chi connectivity index (χ4v) is 4.76. The third kappa shape index (κ3) is 5.26. The number of benzene rings is 2. The largest absolute Gasteiger partial charge is 0.381 e.